The monoisotopic (exact) mass is 363 g/mol. The van der Waals surface area contributed by atoms with Crippen LogP contribution in [0.15, 0.2) is 35.5 Å². The zero-order chi connectivity index (χ0) is 18.4. The number of nitrogens with two attached hydrogens (primary N) is 1. The van der Waals surface area contributed by atoms with Crippen molar-refractivity contribution in [2.24, 2.45) is 5.14 Å². The van der Waals surface area contributed by atoms with Gasteiger partial charge in [-0.1, -0.05) is 6.07 Å². The molecule has 25 heavy (non-hydrogen) atoms. The van der Waals surface area contributed by atoms with Crippen LogP contribution in [0.25, 0.3) is 16.8 Å². The van der Waals surface area contributed by atoms with E-state index in [4.69, 9.17) is 5.14 Å². The quantitative estimate of drug-likeness (QED) is 0.759. The lowest BCUT2D eigenvalue weighted by Gasteiger charge is -2.12. The highest BCUT2D eigenvalue weighted by Crippen LogP contribution is 2.25. The minimum atomic E-state index is -3.92. The lowest BCUT2D eigenvalue weighted by molar-refractivity contribution is 0.392. The van der Waals surface area contributed by atoms with Crippen molar-refractivity contribution in [3.05, 3.63) is 47.7 Å². The fourth-order valence-electron chi connectivity index (χ4n) is 2.72. The summed E-state index contributed by atoms with van der Waals surface area (Å²) in [6, 6.07) is 4.80. The van der Waals surface area contributed by atoms with Crippen molar-refractivity contribution in [2.45, 2.75) is 18.4 Å². The van der Waals surface area contributed by atoms with E-state index >= 15 is 0 Å². The molecule has 0 fully saturated rings. The molecule has 7 nitrogen and oxygen atoms in total. The van der Waals surface area contributed by atoms with Crippen molar-refractivity contribution in [1.29, 1.82) is 0 Å². The fraction of sp³-hybridized carbons (Fsp3) is 0.250. The molecule has 9 heteroatoms. The number of sulfonamides is 1. The van der Waals surface area contributed by atoms with Gasteiger partial charge in [0.05, 0.1) is 5.69 Å². The van der Waals surface area contributed by atoms with Crippen LogP contribution in [0, 0.1) is 12.7 Å². The normalized spacial score (nSPS) is 12.2. The van der Waals surface area contributed by atoms with Gasteiger partial charge in [-0.05, 0) is 38.7 Å². The van der Waals surface area contributed by atoms with Gasteiger partial charge in [-0.15, -0.1) is 0 Å². The molecule has 0 unspecified atom stereocenters. The molecule has 0 aliphatic rings. The Bertz CT molecular complexity index is 1060. The average Bonchev–Trinajstić information content (AvgIpc) is 2.83. The summed E-state index contributed by atoms with van der Waals surface area (Å²) in [7, 11) is -0.197. The Labute approximate surface area is 145 Å². The molecule has 0 bridgehead atoms. The Morgan fingerprint density at radius 1 is 1.28 bits per heavy atom. The summed E-state index contributed by atoms with van der Waals surface area (Å²) in [6.07, 6.45) is 3.18. The minimum Gasteiger partial charge on any atom is -0.305 e. The number of primary sulfonamides is 1. The highest BCUT2D eigenvalue weighted by atomic mass is 32.2. The van der Waals surface area contributed by atoms with Crippen molar-refractivity contribution in [1.82, 2.24) is 19.5 Å². The largest absolute Gasteiger partial charge is 0.305 e. The van der Waals surface area contributed by atoms with Crippen LogP contribution in [0.2, 0.25) is 0 Å². The molecule has 0 aliphatic carbocycles. The van der Waals surface area contributed by atoms with Gasteiger partial charge in [0.15, 0.2) is 5.65 Å². The van der Waals surface area contributed by atoms with E-state index in [2.05, 4.69) is 10.1 Å². The second kappa shape index (κ2) is 6.17. The topological polar surface area (TPSA) is 93.6 Å². The maximum atomic E-state index is 13.9. The van der Waals surface area contributed by atoms with E-state index < -0.39 is 10.0 Å². The number of nitrogens with zero attached hydrogens (tertiary/aromatic N) is 4. The summed E-state index contributed by atoms with van der Waals surface area (Å²) in [4.78, 5) is 5.98. The van der Waals surface area contributed by atoms with Crippen molar-refractivity contribution in [3.8, 4) is 11.1 Å². The summed E-state index contributed by atoms with van der Waals surface area (Å²) < 4.78 is 38.7. The van der Waals surface area contributed by atoms with Gasteiger partial charge in [0.1, 0.15) is 10.7 Å². The van der Waals surface area contributed by atoms with Crippen molar-refractivity contribution in [3.63, 3.8) is 0 Å². The molecular weight excluding hydrogens is 345 g/mol. The van der Waals surface area contributed by atoms with E-state index in [-0.39, 0.29) is 22.1 Å². The van der Waals surface area contributed by atoms with Gasteiger partial charge in [-0.25, -0.2) is 27.4 Å². The predicted octanol–water partition coefficient (Wildman–Crippen LogP) is 1.55. The van der Waals surface area contributed by atoms with Crippen LogP contribution in [0.1, 0.15) is 11.3 Å². The van der Waals surface area contributed by atoms with E-state index in [0.29, 0.717) is 17.7 Å². The lowest BCUT2D eigenvalue weighted by atomic mass is 10.1. The first-order valence-corrected chi connectivity index (χ1v) is 9.03. The Balaban J connectivity index is 2.12. The standard InChI is InChI=1S/C16H18FN5O2S/c1-10-15(25(18,23)24)16-19-7-13(9-22(16)20-10)11-4-5-14(17)12(6-11)8-21(2)3/h4-7,9H,8H2,1-3H3,(H2,18,23,24). The van der Waals surface area contributed by atoms with E-state index in [1.807, 2.05) is 19.0 Å². The van der Waals surface area contributed by atoms with Gasteiger partial charge < -0.3 is 4.90 Å². The molecule has 3 aromatic rings. The maximum Gasteiger partial charge on any atom is 0.243 e. The highest BCUT2D eigenvalue weighted by molar-refractivity contribution is 7.89. The van der Waals surface area contributed by atoms with Crippen LogP contribution in [-0.4, -0.2) is 42.0 Å². The Morgan fingerprint density at radius 2 is 2.00 bits per heavy atom. The van der Waals surface area contributed by atoms with Crippen LogP contribution >= 0.6 is 0 Å². The summed E-state index contributed by atoms with van der Waals surface area (Å²) >= 11 is 0. The van der Waals surface area contributed by atoms with Gasteiger partial charge in [0.25, 0.3) is 0 Å². The second-order valence-electron chi connectivity index (χ2n) is 6.11. The van der Waals surface area contributed by atoms with E-state index in [1.54, 1.807) is 25.3 Å². The molecule has 1 aromatic carbocycles. The van der Waals surface area contributed by atoms with E-state index in [0.717, 1.165) is 5.56 Å². The Kier molecular flexibility index (Phi) is 4.31. The number of benzene rings is 1. The van der Waals surface area contributed by atoms with Gasteiger partial charge in [0.2, 0.25) is 10.0 Å². The smallest absolute Gasteiger partial charge is 0.243 e. The van der Waals surface area contributed by atoms with Gasteiger partial charge in [0, 0.05) is 30.1 Å². The van der Waals surface area contributed by atoms with Crippen molar-refractivity contribution < 1.29 is 12.8 Å². The predicted molar refractivity (Wildman–Crippen MR) is 91.9 cm³/mol. The SMILES string of the molecule is Cc1nn2cc(-c3ccc(F)c(CN(C)C)c3)cnc2c1S(N)(=O)=O. The molecule has 2 heterocycles. The maximum absolute atomic E-state index is 13.9. The van der Waals surface area contributed by atoms with Crippen LogP contribution < -0.4 is 5.14 Å². The molecule has 0 saturated heterocycles. The molecule has 0 radical (unpaired) electrons. The number of hydrogen-bond acceptors (Lipinski definition) is 5. The van der Waals surface area contributed by atoms with Crippen LogP contribution in [0.4, 0.5) is 4.39 Å². The third kappa shape index (κ3) is 3.39. The first kappa shape index (κ1) is 17.5. The molecule has 3 rings (SSSR count). The first-order valence-electron chi connectivity index (χ1n) is 7.48. The van der Waals surface area contributed by atoms with Crippen LogP contribution in [0.5, 0.6) is 0 Å². The van der Waals surface area contributed by atoms with Crippen molar-refractivity contribution >= 4 is 15.7 Å². The summed E-state index contributed by atoms with van der Waals surface area (Å²) in [5.41, 5.74) is 2.46. The molecular formula is C16H18FN5O2S. The zero-order valence-electron chi connectivity index (χ0n) is 14.1. The number of rotatable bonds is 4. The first-order chi connectivity index (χ1) is 11.7. The highest BCUT2D eigenvalue weighted by Gasteiger charge is 2.21. The van der Waals surface area contributed by atoms with Gasteiger partial charge in [-0.3, -0.25) is 0 Å². The minimum absolute atomic E-state index is 0.0912. The number of aryl methyl sites for hydroxylation is 1. The lowest BCUT2D eigenvalue weighted by Crippen LogP contribution is -2.13. The number of fused-ring (bicyclic) bond motifs is 1. The van der Waals surface area contributed by atoms with E-state index in [1.165, 1.54) is 16.8 Å². The summed E-state index contributed by atoms with van der Waals surface area (Å²) in [6.45, 7) is 2.02. The summed E-state index contributed by atoms with van der Waals surface area (Å²) in [5, 5.41) is 9.40. The summed E-state index contributed by atoms with van der Waals surface area (Å²) in [5.74, 6) is -0.280. The number of hydrogen-bond donors (Lipinski definition) is 1. The molecule has 0 saturated carbocycles. The molecule has 132 valence electrons. The van der Waals surface area contributed by atoms with Gasteiger partial charge >= 0.3 is 0 Å². The van der Waals surface area contributed by atoms with Crippen LogP contribution in [0.3, 0.4) is 0 Å². The molecule has 0 aliphatic heterocycles. The zero-order valence-corrected chi connectivity index (χ0v) is 14.9. The molecule has 0 spiro atoms. The van der Waals surface area contributed by atoms with Crippen LogP contribution in [-0.2, 0) is 16.6 Å². The molecule has 0 atom stereocenters. The third-order valence-electron chi connectivity index (χ3n) is 3.74. The van der Waals surface area contributed by atoms with E-state index in [9.17, 15) is 12.8 Å². The Morgan fingerprint density at radius 3 is 2.64 bits per heavy atom. The second-order valence-corrected chi connectivity index (χ2v) is 7.61. The molecule has 0 amide bonds. The number of halogens is 1. The number of aromatic nitrogens is 3. The van der Waals surface area contributed by atoms with Crippen molar-refractivity contribution in [2.75, 3.05) is 14.1 Å². The molecule has 2 aromatic heterocycles. The third-order valence-corrected chi connectivity index (χ3v) is 4.79. The fourth-order valence-corrected chi connectivity index (χ4v) is 3.58. The molecule has 2 N–H and O–H groups in total. The average molecular weight is 363 g/mol. The Hall–Kier alpha value is -2.36. The van der Waals surface area contributed by atoms with Gasteiger partial charge in [-0.2, -0.15) is 5.10 Å².